The van der Waals surface area contributed by atoms with Crippen LogP contribution in [-0.2, 0) is 14.8 Å². The number of fused-ring (bicyclic) bond motifs is 1. The molecule has 1 aliphatic heterocycles. The number of aromatic nitrogens is 1. The molecule has 0 radical (unpaired) electrons. The summed E-state index contributed by atoms with van der Waals surface area (Å²) in [5.74, 6) is -0.616. The molecule has 0 saturated carbocycles. The van der Waals surface area contributed by atoms with Crippen molar-refractivity contribution in [2.24, 2.45) is 0 Å². The van der Waals surface area contributed by atoms with Gasteiger partial charge < -0.3 is 10.1 Å². The molecule has 1 amide bonds. The van der Waals surface area contributed by atoms with E-state index in [0.717, 1.165) is 27.7 Å². The number of nitrogens with one attached hydrogen (secondary N) is 1. The van der Waals surface area contributed by atoms with Gasteiger partial charge in [-0.1, -0.05) is 30.3 Å². The Kier molecular flexibility index (Phi) is 5.77. The van der Waals surface area contributed by atoms with E-state index in [9.17, 15) is 13.2 Å². The molecule has 2 heterocycles. The first-order chi connectivity index (χ1) is 16.4. The lowest BCUT2D eigenvalue weighted by Gasteiger charge is -2.28. The number of amides is 1. The lowest BCUT2D eigenvalue weighted by Crippen LogP contribution is -2.41. The smallest absolute Gasteiger partial charge is 0.259 e. The quantitative estimate of drug-likeness (QED) is 0.469. The normalized spacial score (nSPS) is 15.3. The lowest BCUT2D eigenvalue weighted by atomic mass is 10.0. The van der Waals surface area contributed by atoms with E-state index in [1.165, 1.54) is 4.31 Å². The number of ether oxygens (including phenoxy) is 1. The van der Waals surface area contributed by atoms with Gasteiger partial charge in [0.2, 0.25) is 0 Å². The number of carbonyl (C=O) groups is 1. The number of hydrogen-bond acceptors (Lipinski definition) is 5. The molecule has 1 saturated heterocycles. The summed E-state index contributed by atoms with van der Waals surface area (Å²) in [6, 6.07) is 24.2. The molecule has 172 valence electrons. The Balaban J connectivity index is 1.36. The molecule has 0 spiro atoms. The van der Waals surface area contributed by atoms with Crippen LogP contribution < -0.4 is 9.62 Å². The minimum atomic E-state index is -3.50. The number of rotatable bonds is 4. The summed E-state index contributed by atoms with van der Waals surface area (Å²) < 4.78 is 30.8. The molecule has 4 aromatic rings. The van der Waals surface area contributed by atoms with Gasteiger partial charge in [0.15, 0.2) is 5.94 Å². The van der Waals surface area contributed by atoms with E-state index in [1.54, 1.807) is 24.3 Å². The van der Waals surface area contributed by atoms with E-state index in [1.807, 2.05) is 61.5 Å². The second-order valence-corrected chi connectivity index (χ2v) is 9.97. The fourth-order valence-electron chi connectivity index (χ4n) is 3.98. The lowest BCUT2D eigenvalue weighted by molar-refractivity contribution is 0.102. The molecular weight excluding hydrogens is 450 g/mol. The van der Waals surface area contributed by atoms with Gasteiger partial charge in [0, 0.05) is 22.2 Å². The zero-order valence-corrected chi connectivity index (χ0v) is 19.4. The van der Waals surface area contributed by atoms with E-state index in [4.69, 9.17) is 9.72 Å². The summed E-state index contributed by atoms with van der Waals surface area (Å²) >= 11 is 0. The third-order valence-electron chi connectivity index (χ3n) is 5.79. The average Bonchev–Trinajstić information content (AvgIpc) is 2.85. The van der Waals surface area contributed by atoms with E-state index in [0.29, 0.717) is 23.5 Å². The van der Waals surface area contributed by atoms with E-state index in [2.05, 4.69) is 5.32 Å². The number of pyridine rings is 1. The maximum absolute atomic E-state index is 12.9. The second-order valence-electron chi connectivity index (χ2n) is 8.13. The Morgan fingerprint density at radius 2 is 1.79 bits per heavy atom. The Hall–Kier alpha value is -3.75. The highest BCUT2D eigenvalue weighted by Gasteiger charge is 2.26. The first-order valence-electron chi connectivity index (χ1n) is 10.9. The van der Waals surface area contributed by atoms with Crippen molar-refractivity contribution >= 4 is 38.2 Å². The Morgan fingerprint density at radius 3 is 2.59 bits per heavy atom. The highest BCUT2D eigenvalue weighted by molar-refractivity contribution is 7.92. The molecule has 0 bridgehead atoms. The van der Waals surface area contributed by atoms with Gasteiger partial charge in [0.05, 0.1) is 30.0 Å². The van der Waals surface area contributed by atoms with Gasteiger partial charge in [-0.3, -0.25) is 9.10 Å². The molecule has 0 aliphatic carbocycles. The molecule has 1 N–H and O–H groups in total. The third-order valence-corrected chi connectivity index (χ3v) is 7.32. The fraction of sp³-hybridized carbons (Fsp3) is 0.154. The van der Waals surface area contributed by atoms with Crippen LogP contribution in [0.2, 0.25) is 0 Å². The first kappa shape index (κ1) is 22.1. The first-order valence-corrected chi connectivity index (χ1v) is 12.5. The number of nitrogens with zero attached hydrogens (tertiary/aromatic N) is 2. The van der Waals surface area contributed by atoms with Crippen molar-refractivity contribution in [1.29, 1.82) is 0 Å². The molecule has 5 rings (SSSR count). The highest BCUT2D eigenvalue weighted by atomic mass is 32.2. The largest absolute Gasteiger partial charge is 0.362 e. The minimum absolute atomic E-state index is 0.253. The summed E-state index contributed by atoms with van der Waals surface area (Å²) in [6.45, 7) is 2.60. The van der Waals surface area contributed by atoms with Gasteiger partial charge in [-0.2, -0.15) is 0 Å². The zero-order chi connectivity index (χ0) is 23.7. The number of carbonyl (C=O) groups excluding carboxylic acids is 1. The number of anilines is 2. The maximum Gasteiger partial charge on any atom is 0.259 e. The molecule has 8 heteroatoms. The Bertz CT molecular complexity index is 1480. The zero-order valence-electron chi connectivity index (χ0n) is 18.6. The van der Waals surface area contributed by atoms with Crippen LogP contribution in [0.3, 0.4) is 0 Å². The van der Waals surface area contributed by atoms with Crippen molar-refractivity contribution in [2.45, 2.75) is 6.92 Å². The monoisotopic (exact) mass is 473 g/mol. The molecule has 3 aromatic carbocycles. The van der Waals surface area contributed by atoms with Crippen LogP contribution in [0.4, 0.5) is 11.4 Å². The molecule has 34 heavy (non-hydrogen) atoms. The van der Waals surface area contributed by atoms with Crippen LogP contribution in [-0.4, -0.2) is 38.4 Å². The molecule has 1 fully saturated rings. The number of benzene rings is 3. The van der Waals surface area contributed by atoms with Gasteiger partial charge in [-0.15, -0.1) is 0 Å². The highest BCUT2D eigenvalue weighted by Crippen LogP contribution is 2.28. The van der Waals surface area contributed by atoms with Gasteiger partial charge >= 0.3 is 0 Å². The van der Waals surface area contributed by atoms with Crippen molar-refractivity contribution in [3.8, 4) is 11.3 Å². The van der Waals surface area contributed by atoms with Crippen molar-refractivity contribution in [3.05, 3.63) is 90.0 Å². The van der Waals surface area contributed by atoms with E-state index < -0.39 is 10.0 Å². The molecular formula is C26H23N3O4S. The molecule has 1 aromatic heterocycles. The van der Waals surface area contributed by atoms with Crippen LogP contribution in [0.1, 0.15) is 15.9 Å². The van der Waals surface area contributed by atoms with Gasteiger partial charge in [-0.25, -0.2) is 13.4 Å². The second kappa shape index (κ2) is 8.89. The molecule has 0 atom stereocenters. The summed E-state index contributed by atoms with van der Waals surface area (Å²) in [5.41, 5.74) is 5.34. The predicted octanol–water partition coefficient (Wildman–Crippen LogP) is 4.59. The van der Waals surface area contributed by atoms with Crippen LogP contribution in [0.25, 0.3) is 22.2 Å². The SMILES string of the molecule is Cc1ccc(NC(=O)c2ccc(N3CCOCS3(=O)=O)cc2)cc1-c1ccc2ccccc2n1. The standard InChI is InChI=1S/C26H23N3O4S/c1-18-6-10-21(16-23(18)25-13-9-19-4-2-3-5-24(19)28-25)27-26(30)20-7-11-22(12-8-20)29-14-15-33-17-34(29,31)32/h2-13,16H,14-15,17H2,1H3,(H,27,30). The number of sulfonamides is 1. The number of para-hydroxylation sites is 1. The van der Waals surface area contributed by atoms with E-state index >= 15 is 0 Å². The minimum Gasteiger partial charge on any atom is -0.362 e. The molecule has 1 aliphatic rings. The Morgan fingerprint density at radius 1 is 1.00 bits per heavy atom. The topological polar surface area (TPSA) is 88.6 Å². The maximum atomic E-state index is 12.9. The van der Waals surface area contributed by atoms with Gasteiger partial charge in [0.1, 0.15) is 0 Å². The van der Waals surface area contributed by atoms with Crippen molar-refractivity contribution in [3.63, 3.8) is 0 Å². The summed E-state index contributed by atoms with van der Waals surface area (Å²) in [6.07, 6.45) is 0. The van der Waals surface area contributed by atoms with Crippen molar-refractivity contribution in [1.82, 2.24) is 4.98 Å². The van der Waals surface area contributed by atoms with E-state index in [-0.39, 0.29) is 18.4 Å². The molecule has 7 nitrogen and oxygen atoms in total. The number of hydrogen-bond donors (Lipinski definition) is 1. The van der Waals surface area contributed by atoms with Crippen LogP contribution in [0.5, 0.6) is 0 Å². The summed E-state index contributed by atoms with van der Waals surface area (Å²) in [4.78, 5) is 17.6. The Labute approximate surface area is 198 Å². The molecule has 0 unspecified atom stereocenters. The number of aryl methyl sites for hydroxylation is 1. The van der Waals surface area contributed by atoms with Crippen LogP contribution >= 0.6 is 0 Å². The van der Waals surface area contributed by atoms with Crippen molar-refractivity contribution in [2.75, 3.05) is 28.7 Å². The van der Waals surface area contributed by atoms with Gasteiger partial charge in [-0.05, 0) is 61.0 Å². The van der Waals surface area contributed by atoms with Crippen molar-refractivity contribution < 1.29 is 17.9 Å². The predicted molar refractivity (Wildman–Crippen MR) is 133 cm³/mol. The summed E-state index contributed by atoms with van der Waals surface area (Å²) in [7, 11) is -3.50. The fourth-order valence-corrected chi connectivity index (χ4v) is 5.23. The third kappa shape index (κ3) is 4.37. The summed E-state index contributed by atoms with van der Waals surface area (Å²) in [5, 5.41) is 4.00. The van der Waals surface area contributed by atoms with Crippen LogP contribution in [0.15, 0.2) is 78.9 Å². The van der Waals surface area contributed by atoms with Crippen LogP contribution in [0, 0.1) is 6.92 Å². The average molecular weight is 474 g/mol. The van der Waals surface area contributed by atoms with Gasteiger partial charge in [0.25, 0.3) is 15.9 Å².